The molecule has 0 bridgehead atoms. The SMILES string of the molecule is CN(CCC(N)=S)C(=O)CCC1CCCC1. The van der Waals surface area contributed by atoms with E-state index in [2.05, 4.69) is 0 Å². The van der Waals surface area contributed by atoms with Gasteiger partial charge in [0.2, 0.25) is 5.91 Å². The van der Waals surface area contributed by atoms with Gasteiger partial charge in [-0.3, -0.25) is 4.79 Å². The first-order chi connectivity index (χ1) is 7.59. The largest absolute Gasteiger partial charge is 0.393 e. The highest BCUT2D eigenvalue weighted by Gasteiger charge is 2.17. The molecule has 4 heteroatoms. The van der Waals surface area contributed by atoms with Crippen LogP contribution in [0.15, 0.2) is 0 Å². The van der Waals surface area contributed by atoms with E-state index in [0.29, 0.717) is 24.4 Å². The minimum atomic E-state index is 0.225. The van der Waals surface area contributed by atoms with Crippen molar-refractivity contribution >= 4 is 23.1 Å². The average Bonchev–Trinajstić information content (AvgIpc) is 2.75. The molecule has 1 fully saturated rings. The van der Waals surface area contributed by atoms with Crippen molar-refractivity contribution in [2.24, 2.45) is 11.7 Å². The summed E-state index contributed by atoms with van der Waals surface area (Å²) in [6.07, 6.45) is 7.66. The third kappa shape index (κ3) is 4.92. The first-order valence-corrected chi connectivity index (χ1v) is 6.52. The van der Waals surface area contributed by atoms with E-state index < -0.39 is 0 Å². The summed E-state index contributed by atoms with van der Waals surface area (Å²) in [5.74, 6) is 1.01. The van der Waals surface area contributed by atoms with Gasteiger partial charge in [-0.25, -0.2) is 0 Å². The number of amides is 1. The predicted octanol–water partition coefficient (Wildman–Crippen LogP) is 2.09. The van der Waals surface area contributed by atoms with Crippen molar-refractivity contribution in [1.29, 1.82) is 0 Å². The second-order valence-corrected chi connectivity index (χ2v) is 5.25. The van der Waals surface area contributed by atoms with Gasteiger partial charge in [-0.15, -0.1) is 0 Å². The summed E-state index contributed by atoms with van der Waals surface area (Å²) in [6.45, 7) is 0.652. The van der Waals surface area contributed by atoms with E-state index in [4.69, 9.17) is 18.0 Å². The number of nitrogens with zero attached hydrogens (tertiary/aromatic N) is 1. The van der Waals surface area contributed by atoms with Crippen molar-refractivity contribution in [3.8, 4) is 0 Å². The molecule has 92 valence electrons. The summed E-state index contributed by atoms with van der Waals surface area (Å²) in [5.41, 5.74) is 5.41. The van der Waals surface area contributed by atoms with Crippen LogP contribution in [0.3, 0.4) is 0 Å². The Bertz CT molecular complexity index is 249. The average molecular weight is 242 g/mol. The molecule has 0 spiro atoms. The quantitative estimate of drug-likeness (QED) is 0.725. The van der Waals surface area contributed by atoms with Gasteiger partial charge in [0.15, 0.2) is 0 Å². The summed E-state index contributed by atoms with van der Waals surface area (Å²) in [6, 6.07) is 0. The van der Waals surface area contributed by atoms with E-state index >= 15 is 0 Å². The van der Waals surface area contributed by atoms with Crippen LogP contribution in [-0.2, 0) is 4.79 Å². The molecule has 1 aliphatic carbocycles. The van der Waals surface area contributed by atoms with Crippen LogP contribution in [0.4, 0.5) is 0 Å². The van der Waals surface area contributed by atoms with Crippen LogP contribution in [0.1, 0.15) is 44.9 Å². The Hall–Kier alpha value is -0.640. The Morgan fingerprint density at radius 2 is 2.00 bits per heavy atom. The smallest absolute Gasteiger partial charge is 0.222 e. The van der Waals surface area contributed by atoms with Crippen molar-refractivity contribution in [3.05, 3.63) is 0 Å². The van der Waals surface area contributed by atoms with Gasteiger partial charge < -0.3 is 10.6 Å². The molecule has 1 saturated carbocycles. The monoisotopic (exact) mass is 242 g/mol. The predicted molar refractivity (Wildman–Crippen MR) is 70.2 cm³/mol. The van der Waals surface area contributed by atoms with E-state index in [1.54, 1.807) is 4.90 Å². The number of nitrogens with two attached hydrogens (primary N) is 1. The van der Waals surface area contributed by atoms with E-state index in [9.17, 15) is 4.79 Å². The molecule has 3 nitrogen and oxygen atoms in total. The molecular formula is C12H22N2OS. The highest BCUT2D eigenvalue weighted by Crippen LogP contribution is 2.28. The first-order valence-electron chi connectivity index (χ1n) is 6.12. The Kier molecular flexibility index (Phi) is 5.74. The Balaban J connectivity index is 2.15. The summed E-state index contributed by atoms with van der Waals surface area (Å²) in [4.78, 5) is 14.0. The first kappa shape index (κ1) is 13.4. The molecule has 1 rings (SSSR count). The maximum Gasteiger partial charge on any atom is 0.222 e. The molecule has 1 aliphatic rings. The third-order valence-electron chi connectivity index (χ3n) is 3.36. The lowest BCUT2D eigenvalue weighted by Crippen LogP contribution is -2.30. The Morgan fingerprint density at radius 3 is 2.56 bits per heavy atom. The van der Waals surface area contributed by atoms with Gasteiger partial charge >= 0.3 is 0 Å². The summed E-state index contributed by atoms with van der Waals surface area (Å²) >= 11 is 4.79. The molecule has 0 aromatic carbocycles. The summed E-state index contributed by atoms with van der Waals surface area (Å²) in [7, 11) is 1.83. The van der Waals surface area contributed by atoms with E-state index in [0.717, 1.165) is 12.3 Å². The van der Waals surface area contributed by atoms with Crippen molar-refractivity contribution in [2.45, 2.75) is 44.9 Å². The number of carbonyl (C=O) groups excluding carboxylic acids is 1. The molecule has 0 radical (unpaired) electrons. The molecule has 0 aliphatic heterocycles. The van der Waals surface area contributed by atoms with E-state index in [-0.39, 0.29) is 5.91 Å². The fraction of sp³-hybridized carbons (Fsp3) is 0.833. The maximum absolute atomic E-state index is 11.8. The fourth-order valence-electron chi connectivity index (χ4n) is 2.22. The van der Waals surface area contributed by atoms with Crippen LogP contribution in [0.2, 0.25) is 0 Å². The highest BCUT2D eigenvalue weighted by atomic mass is 32.1. The Labute approximate surface area is 103 Å². The number of hydrogen-bond acceptors (Lipinski definition) is 2. The van der Waals surface area contributed by atoms with Crippen LogP contribution < -0.4 is 5.73 Å². The van der Waals surface area contributed by atoms with Crippen molar-refractivity contribution < 1.29 is 4.79 Å². The van der Waals surface area contributed by atoms with Crippen LogP contribution in [0.5, 0.6) is 0 Å². The standard InChI is InChI=1S/C12H22N2OS/c1-14(9-8-11(13)16)12(15)7-6-10-4-2-3-5-10/h10H,2-9H2,1H3,(H2,13,16). The number of hydrogen-bond donors (Lipinski definition) is 1. The van der Waals surface area contributed by atoms with E-state index in [1.165, 1.54) is 25.7 Å². The van der Waals surface area contributed by atoms with E-state index in [1.807, 2.05) is 7.05 Å². The summed E-state index contributed by atoms with van der Waals surface area (Å²) in [5, 5.41) is 0. The zero-order valence-electron chi connectivity index (χ0n) is 10.1. The van der Waals surface area contributed by atoms with Crippen molar-refractivity contribution in [3.63, 3.8) is 0 Å². The number of thiocarbonyl (C=S) groups is 1. The minimum absolute atomic E-state index is 0.225. The van der Waals surface area contributed by atoms with Gasteiger partial charge in [-0.05, 0) is 12.3 Å². The van der Waals surface area contributed by atoms with Crippen LogP contribution >= 0.6 is 12.2 Å². The summed E-state index contributed by atoms with van der Waals surface area (Å²) < 4.78 is 0. The molecule has 0 atom stereocenters. The topological polar surface area (TPSA) is 46.3 Å². The molecule has 0 aromatic rings. The molecule has 2 N–H and O–H groups in total. The molecular weight excluding hydrogens is 220 g/mol. The molecule has 1 amide bonds. The molecule has 0 aromatic heterocycles. The number of carbonyl (C=O) groups is 1. The minimum Gasteiger partial charge on any atom is -0.393 e. The van der Waals surface area contributed by atoms with Crippen LogP contribution in [0.25, 0.3) is 0 Å². The third-order valence-corrected chi connectivity index (χ3v) is 3.56. The Morgan fingerprint density at radius 1 is 1.38 bits per heavy atom. The van der Waals surface area contributed by atoms with Gasteiger partial charge in [0.1, 0.15) is 0 Å². The molecule has 0 heterocycles. The second-order valence-electron chi connectivity index (χ2n) is 4.72. The lowest BCUT2D eigenvalue weighted by molar-refractivity contribution is -0.130. The fourth-order valence-corrected chi connectivity index (χ4v) is 2.31. The lowest BCUT2D eigenvalue weighted by Gasteiger charge is -2.17. The maximum atomic E-state index is 11.8. The van der Waals surface area contributed by atoms with Crippen LogP contribution in [-0.4, -0.2) is 29.4 Å². The number of rotatable bonds is 6. The lowest BCUT2D eigenvalue weighted by atomic mass is 10.0. The van der Waals surface area contributed by atoms with Crippen molar-refractivity contribution in [2.75, 3.05) is 13.6 Å². The van der Waals surface area contributed by atoms with Gasteiger partial charge in [0.25, 0.3) is 0 Å². The van der Waals surface area contributed by atoms with Crippen molar-refractivity contribution in [1.82, 2.24) is 4.90 Å². The molecule has 16 heavy (non-hydrogen) atoms. The van der Waals surface area contributed by atoms with Gasteiger partial charge in [-0.2, -0.15) is 0 Å². The van der Waals surface area contributed by atoms with Crippen LogP contribution in [0, 0.1) is 5.92 Å². The normalized spacial score (nSPS) is 16.3. The highest BCUT2D eigenvalue weighted by molar-refractivity contribution is 7.80. The van der Waals surface area contributed by atoms with Gasteiger partial charge in [-0.1, -0.05) is 37.9 Å². The van der Waals surface area contributed by atoms with Gasteiger partial charge in [0.05, 0.1) is 4.99 Å². The van der Waals surface area contributed by atoms with Gasteiger partial charge in [0, 0.05) is 26.4 Å². The molecule has 0 saturated heterocycles. The molecule has 0 unspecified atom stereocenters. The zero-order chi connectivity index (χ0) is 12.0. The zero-order valence-corrected chi connectivity index (χ0v) is 10.9. The second kappa shape index (κ2) is 6.84.